The van der Waals surface area contributed by atoms with Crippen molar-refractivity contribution in [1.82, 2.24) is 4.57 Å². The fraction of sp³-hybridized carbons (Fsp3) is 0.118. The molecule has 3 N–H and O–H groups in total. The molecule has 0 aliphatic heterocycles. The summed E-state index contributed by atoms with van der Waals surface area (Å²) in [6.07, 6.45) is 0. The molecule has 1 aromatic carbocycles. The Hall–Kier alpha value is -1.76. The number of nitrogens with one attached hydrogen (secondary N) is 1. The number of nitrogens with two attached hydrogens (primary N) is 1. The minimum atomic E-state index is -3.96. The topological polar surface area (TPSA) is 94.2 Å². The number of benzene rings is 1. The summed E-state index contributed by atoms with van der Waals surface area (Å²) in [6.45, 7) is 1.63. The maximum atomic E-state index is 14.3. The Morgan fingerprint density at radius 1 is 1.26 bits per heavy atom. The van der Waals surface area contributed by atoms with Gasteiger partial charge in [0.25, 0.3) is 5.56 Å². The van der Waals surface area contributed by atoms with Crippen molar-refractivity contribution in [3.63, 3.8) is 0 Å². The van der Waals surface area contributed by atoms with Crippen molar-refractivity contribution >= 4 is 55.5 Å². The smallest absolute Gasteiger partial charge is 0.254 e. The van der Waals surface area contributed by atoms with Crippen molar-refractivity contribution in [1.29, 1.82) is 0 Å². The number of hydrogen-bond acceptors (Lipinski definition) is 5. The first-order valence-corrected chi connectivity index (χ1v) is 11.1. The standard InChI is InChI=1S/C17H15FIN3O3S2/c1-9-7-11(15-14(5-6-26-15)27(20,24)25)16(22(2)17(9)23)21-13-4-3-10(19)8-12(13)18/h3-8,21H,1-2H3,(H2,20,24,25). The number of anilines is 2. The number of nitrogens with zero attached hydrogens (tertiary/aromatic N) is 1. The Labute approximate surface area is 173 Å². The average Bonchev–Trinajstić information content (AvgIpc) is 3.07. The summed E-state index contributed by atoms with van der Waals surface area (Å²) in [5, 5.41) is 9.85. The molecule has 3 rings (SSSR count). The van der Waals surface area contributed by atoms with Crippen LogP contribution in [0.25, 0.3) is 10.4 Å². The van der Waals surface area contributed by atoms with Crippen LogP contribution in [0, 0.1) is 16.3 Å². The highest BCUT2D eigenvalue weighted by molar-refractivity contribution is 14.1. The van der Waals surface area contributed by atoms with Gasteiger partial charge in [-0.1, -0.05) is 0 Å². The molecule has 6 nitrogen and oxygen atoms in total. The summed E-state index contributed by atoms with van der Waals surface area (Å²) in [6, 6.07) is 7.62. The number of aromatic nitrogens is 1. The number of sulfonamides is 1. The number of aryl methyl sites for hydroxylation is 1. The van der Waals surface area contributed by atoms with Crippen molar-refractivity contribution in [2.45, 2.75) is 11.8 Å². The van der Waals surface area contributed by atoms with E-state index in [9.17, 15) is 17.6 Å². The van der Waals surface area contributed by atoms with Crippen molar-refractivity contribution in [3.05, 3.63) is 61.0 Å². The second kappa shape index (κ2) is 7.34. The predicted molar refractivity (Wildman–Crippen MR) is 114 cm³/mol. The van der Waals surface area contributed by atoms with E-state index in [4.69, 9.17) is 5.14 Å². The molecular weight excluding hydrogens is 504 g/mol. The number of rotatable bonds is 4. The molecule has 10 heteroatoms. The zero-order valence-electron chi connectivity index (χ0n) is 14.3. The Kier molecular flexibility index (Phi) is 5.43. The summed E-state index contributed by atoms with van der Waals surface area (Å²) in [5.74, 6) is -0.211. The van der Waals surface area contributed by atoms with Gasteiger partial charge in [0.05, 0.1) is 10.6 Å². The first-order chi connectivity index (χ1) is 12.6. The van der Waals surface area contributed by atoms with Gasteiger partial charge in [0.15, 0.2) is 0 Å². The van der Waals surface area contributed by atoms with Crippen LogP contribution in [0.1, 0.15) is 5.56 Å². The molecule has 27 heavy (non-hydrogen) atoms. The van der Waals surface area contributed by atoms with Crippen LogP contribution in [0.2, 0.25) is 0 Å². The van der Waals surface area contributed by atoms with Gasteiger partial charge >= 0.3 is 0 Å². The van der Waals surface area contributed by atoms with E-state index in [1.165, 1.54) is 35.1 Å². The highest BCUT2D eigenvalue weighted by atomic mass is 127. The Balaban J connectivity index is 2.27. The van der Waals surface area contributed by atoms with Crippen LogP contribution in [-0.2, 0) is 17.1 Å². The molecule has 0 atom stereocenters. The molecular formula is C17H15FIN3O3S2. The summed E-state index contributed by atoms with van der Waals surface area (Å²) >= 11 is 3.17. The highest BCUT2D eigenvalue weighted by Gasteiger charge is 2.22. The normalized spacial score (nSPS) is 11.6. The predicted octanol–water partition coefficient (Wildman–Crippen LogP) is 3.56. The lowest BCUT2D eigenvalue weighted by Gasteiger charge is -2.17. The zero-order chi connectivity index (χ0) is 19.9. The van der Waals surface area contributed by atoms with Crippen LogP contribution >= 0.6 is 33.9 Å². The van der Waals surface area contributed by atoms with Gasteiger partial charge in [0.2, 0.25) is 10.0 Å². The molecule has 0 aliphatic carbocycles. The first-order valence-electron chi connectivity index (χ1n) is 7.63. The second-order valence-corrected chi connectivity index (χ2v) is 9.55. The van der Waals surface area contributed by atoms with E-state index >= 15 is 0 Å². The van der Waals surface area contributed by atoms with E-state index in [2.05, 4.69) is 5.32 Å². The minimum Gasteiger partial charge on any atom is -0.339 e. The van der Waals surface area contributed by atoms with Gasteiger partial charge in [0, 0.05) is 21.7 Å². The van der Waals surface area contributed by atoms with Gasteiger partial charge < -0.3 is 5.32 Å². The molecule has 0 amide bonds. The van der Waals surface area contributed by atoms with E-state index in [0.29, 0.717) is 16.0 Å². The third-order valence-electron chi connectivity index (χ3n) is 3.96. The van der Waals surface area contributed by atoms with E-state index in [1.54, 1.807) is 30.5 Å². The molecule has 0 saturated carbocycles. The van der Waals surface area contributed by atoms with Gasteiger partial charge in [-0.3, -0.25) is 9.36 Å². The second-order valence-electron chi connectivity index (χ2n) is 5.86. The van der Waals surface area contributed by atoms with E-state index in [1.807, 2.05) is 22.6 Å². The largest absolute Gasteiger partial charge is 0.339 e. The van der Waals surface area contributed by atoms with Gasteiger partial charge in [-0.15, -0.1) is 11.3 Å². The number of hydrogen-bond donors (Lipinski definition) is 2. The van der Waals surface area contributed by atoms with Crippen molar-refractivity contribution in [3.8, 4) is 10.4 Å². The third-order valence-corrected chi connectivity index (χ3v) is 6.66. The van der Waals surface area contributed by atoms with Gasteiger partial charge in [0.1, 0.15) is 16.5 Å². The van der Waals surface area contributed by atoms with Crippen molar-refractivity contribution in [2.75, 3.05) is 5.32 Å². The molecule has 0 bridgehead atoms. The van der Waals surface area contributed by atoms with Gasteiger partial charge in [-0.05, 0) is 65.2 Å². The molecule has 0 unspecified atom stereocenters. The summed E-state index contributed by atoms with van der Waals surface area (Å²) in [5.41, 5.74) is 0.770. The number of pyridine rings is 1. The molecule has 3 aromatic rings. The lowest BCUT2D eigenvalue weighted by molar-refractivity contribution is 0.598. The zero-order valence-corrected chi connectivity index (χ0v) is 18.1. The van der Waals surface area contributed by atoms with Gasteiger partial charge in [-0.2, -0.15) is 0 Å². The van der Waals surface area contributed by atoms with Crippen LogP contribution in [-0.4, -0.2) is 13.0 Å². The Bertz CT molecular complexity index is 1200. The van der Waals surface area contributed by atoms with Crippen LogP contribution in [0.5, 0.6) is 0 Å². The van der Waals surface area contributed by atoms with Crippen molar-refractivity contribution < 1.29 is 12.8 Å². The SMILES string of the molecule is Cc1cc(-c2sccc2S(N)(=O)=O)c(Nc2ccc(I)cc2F)n(C)c1=O. The van der Waals surface area contributed by atoms with Crippen LogP contribution < -0.4 is 16.0 Å². The van der Waals surface area contributed by atoms with E-state index in [0.717, 1.165) is 3.57 Å². The fourth-order valence-corrected chi connectivity index (χ4v) is 5.12. The highest BCUT2D eigenvalue weighted by Crippen LogP contribution is 2.38. The monoisotopic (exact) mass is 519 g/mol. The van der Waals surface area contributed by atoms with E-state index in [-0.39, 0.29) is 22.0 Å². The van der Waals surface area contributed by atoms with Gasteiger partial charge in [-0.25, -0.2) is 17.9 Å². The molecule has 0 spiro atoms. The van der Waals surface area contributed by atoms with Crippen LogP contribution in [0.15, 0.2) is 45.4 Å². The Morgan fingerprint density at radius 3 is 2.59 bits per heavy atom. The summed E-state index contributed by atoms with van der Waals surface area (Å²) in [7, 11) is -2.42. The number of thiophene rings is 1. The first kappa shape index (κ1) is 20.0. The number of halogens is 2. The average molecular weight is 519 g/mol. The third kappa shape index (κ3) is 3.93. The summed E-state index contributed by atoms with van der Waals surface area (Å²) < 4.78 is 40.2. The molecule has 2 heterocycles. The molecule has 2 aromatic heterocycles. The molecule has 0 fully saturated rings. The molecule has 0 radical (unpaired) electrons. The fourth-order valence-electron chi connectivity index (χ4n) is 2.65. The van der Waals surface area contributed by atoms with Crippen molar-refractivity contribution in [2.24, 2.45) is 12.2 Å². The van der Waals surface area contributed by atoms with Crippen LogP contribution in [0.4, 0.5) is 15.9 Å². The minimum absolute atomic E-state index is 0.0447. The lowest BCUT2D eigenvalue weighted by Crippen LogP contribution is -2.22. The molecule has 0 aliphatic rings. The Morgan fingerprint density at radius 2 is 1.96 bits per heavy atom. The molecule has 0 saturated heterocycles. The number of primary sulfonamides is 1. The van der Waals surface area contributed by atoms with E-state index < -0.39 is 15.8 Å². The quantitative estimate of drug-likeness (QED) is 0.516. The molecule has 142 valence electrons. The maximum Gasteiger partial charge on any atom is 0.254 e. The van der Waals surface area contributed by atoms with Crippen LogP contribution in [0.3, 0.4) is 0 Å². The lowest BCUT2D eigenvalue weighted by atomic mass is 10.1. The summed E-state index contributed by atoms with van der Waals surface area (Å²) in [4.78, 5) is 12.7. The maximum absolute atomic E-state index is 14.3.